The van der Waals surface area contributed by atoms with Crippen LogP contribution in [0.15, 0.2) is 194 Å². The first-order valence-electron chi connectivity index (χ1n) is 16.7. The lowest BCUT2D eigenvalue weighted by molar-refractivity contribution is 1.57. The van der Waals surface area contributed by atoms with E-state index in [1.54, 1.807) is 0 Å². The fourth-order valence-electron chi connectivity index (χ4n) is 6.91. The van der Waals surface area contributed by atoms with E-state index in [4.69, 9.17) is 0 Å². The molecule has 0 aliphatic carbocycles. The van der Waals surface area contributed by atoms with Crippen molar-refractivity contribution in [1.29, 1.82) is 0 Å². The van der Waals surface area contributed by atoms with Gasteiger partial charge in [-0.2, -0.15) is 0 Å². The van der Waals surface area contributed by atoms with Crippen molar-refractivity contribution in [2.45, 2.75) is 0 Å². The first-order chi connectivity index (χ1) is 24.2. The smallest absolute Gasteiger partial charge is 0.0355 e. The van der Waals surface area contributed by atoms with Crippen LogP contribution in [-0.4, -0.2) is 0 Å². The molecule has 0 N–H and O–H groups in total. The summed E-state index contributed by atoms with van der Waals surface area (Å²) < 4.78 is 2.61. The van der Waals surface area contributed by atoms with Crippen LogP contribution in [0.25, 0.3) is 86.9 Å². The van der Waals surface area contributed by atoms with E-state index in [2.05, 4.69) is 194 Å². The molecule has 1 aromatic heterocycles. The first-order valence-corrected chi connectivity index (χ1v) is 17.6. The summed E-state index contributed by atoms with van der Waals surface area (Å²) in [6, 6.07) is 70.7. The Morgan fingerprint density at radius 2 is 0.469 bits per heavy atom. The van der Waals surface area contributed by atoms with E-state index in [0.29, 0.717) is 0 Å². The number of hydrogen-bond donors (Lipinski definition) is 0. The van der Waals surface area contributed by atoms with E-state index in [9.17, 15) is 0 Å². The Morgan fingerprint density at radius 3 is 0.755 bits per heavy atom. The van der Waals surface area contributed by atoms with Gasteiger partial charge in [-0.15, -0.1) is 11.3 Å². The summed E-state index contributed by atoms with van der Waals surface area (Å²) in [4.78, 5) is 0. The molecule has 0 aliphatic rings. The highest BCUT2D eigenvalue weighted by atomic mass is 32.1. The number of benzene rings is 8. The predicted molar refractivity (Wildman–Crippen MR) is 212 cm³/mol. The Balaban J connectivity index is 1.19. The van der Waals surface area contributed by atoms with Gasteiger partial charge in [-0.1, -0.05) is 133 Å². The van der Waals surface area contributed by atoms with Gasteiger partial charge in [0, 0.05) is 20.2 Å². The summed E-state index contributed by atoms with van der Waals surface area (Å²) in [5.74, 6) is 0. The Kier molecular flexibility index (Phi) is 7.46. The molecule has 0 spiro atoms. The average Bonchev–Trinajstić information content (AvgIpc) is 3.56. The fraction of sp³-hybridized carbons (Fsp3) is 0. The molecule has 230 valence electrons. The van der Waals surface area contributed by atoms with Crippen LogP contribution in [0, 0.1) is 0 Å². The number of fused-ring (bicyclic) bond motifs is 3. The Bertz CT molecular complexity index is 2270. The van der Waals surface area contributed by atoms with Gasteiger partial charge in [-0.05, 0) is 127 Å². The third-order valence-electron chi connectivity index (χ3n) is 9.43. The lowest BCUT2D eigenvalue weighted by atomic mass is 9.92. The van der Waals surface area contributed by atoms with E-state index < -0.39 is 0 Å². The molecule has 1 heteroatoms. The summed E-state index contributed by atoms with van der Waals surface area (Å²) >= 11 is 1.87. The van der Waals surface area contributed by atoms with Crippen LogP contribution in [0.2, 0.25) is 0 Å². The van der Waals surface area contributed by atoms with Crippen LogP contribution in [0.1, 0.15) is 0 Å². The molecule has 9 aromatic rings. The van der Waals surface area contributed by atoms with Gasteiger partial charge >= 0.3 is 0 Å². The van der Waals surface area contributed by atoms with Crippen molar-refractivity contribution in [3.05, 3.63) is 194 Å². The van der Waals surface area contributed by atoms with Crippen LogP contribution in [0.5, 0.6) is 0 Å². The molecule has 0 amide bonds. The molecule has 0 saturated carbocycles. The molecule has 0 saturated heterocycles. The van der Waals surface area contributed by atoms with Crippen LogP contribution in [0.4, 0.5) is 0 Å². The molecule has 0 nitrogen and oxygen atoms in total. The SMILES string of the molecule is c1ccc(-c2cc(-c3ccccc3)cc(-c3ccc4sc5ccc(-c6cc(-c7ccccc7)cc(-c7ccccc7)c6)cc5c4c3)c2)cc1. The molecule has 0 unspecified atom stereocenters. The number of thiophene rings is 1. The molecule has 0 atom stereocenters. The van der Waals surface area contributed by atoms with E-state index in [-0.39, 0.29) is 0 Å². The third kappa shape index (κ3) is 5.75. The lowest BCUT2D eigenvalue weighted by Gasteiger charge is -2.12. The summed E-state index contributed by atoms with van der Waals surface area (Å²) in [6.07, 6.45) is 0. The minimum atomic E-state index is 1.22. The summed E-state index contributed by atoms with van der Waals surface area (Å²) in [6.45, 7) is 0. The number of hydrogen-bond acceptors (Lipinski definition) is 1. The van der Waals surface area contributed by atoms with Crippen molar-refractivity contribution < 1.29 is 0 Å². The predicted octanol–water partition coefficient (Wildman–Crippen LogP) is 14.1. The quantitative estimate of drug-likeness (QED) is 0.170. The molecule has 0 radical (unpaired) electrons. The van der Waals surface area contributed by atoms with Gasteiger partial charge in [0.05, 0.1) is 0 Å². The molecule has 0 fully saturated rings. The lowest BCUT2D eigenvalue weighted by Crippen LogP contribution is -1.86. The summed E-state index contributed by atoms with van der Waals surface area (Å²) in [5, 5.41) is 2.60. The molecule has 9 rings (SSSR count). The van der Waals surface area contributed by atoms with Gasteiger partial charge in [-0.3, -0.25) is 0 Å². The first kappa shape index (κ1) is 29.1. The highest BCUT2D eigenvalue weighted by molar-refractivity contribution is 7.25. The zero-order valence-electron chi connectivity index (χ0n) is 26.9. The van der Waals surface area contributed by atoms with Gasteiger partial charge in [0.15, 0.2) is 0 Å². The van der Waals surface area contributed by atoms with Crippen molar-refractivity contribution in [2.75, 3.05) is 0 Å². The molecule has 8 aromatic carbocycles. The topological polar surface area (TPSA) is 0 Å². The van der Waals surface area contributed by atoms with Crippen molar-refractivity contribution in [2.24, 2.45) is 0 Å². The van der Waals surface area contributed by atoms with Gasteiger partial charge < -0.3 is 0 Å². The summed E-state index contributed by atoms with van der Waals surface area (Å²) in [7, 11) is 0. The van der Waals surface area contributed by atoms with Gasteiger partial charge in [0.1, 0.15) is 0 Å². The Morgan fingerprint density at radius 1 is 0.204 bits per heavy atom. The second kappa shape index (κ2) is 12.5. The second-order valence-electron chi connectivity index (χ2n) is 12.6. The molecule has 0 bridgehead atoms. The van der Waals surface area contributed by atoms with E-state index in [1.165, 1.54) is 86.9 Å². The zero-order chi connectivity index (χ0) is 32.6. The van der Waals surface area contributed by atoms with Crippen LogP contribution < -0.4 is 0 Å². The van der Waals surface area contributed by atoms with Crippen molar-refractivity contribution in [3.63, 3.8) is 0 Å². The van der Waals surface area contributed by atoms with E-state index in [0.717, 1.165) is 0 Å². The van der Waals surface area contributed by atoms with Gasteiger partial charge in [0.2, 0.25) is 0 Å². The minimum Gasteiger partial charge on any atom is -0.135 e. The molecule has 1 heterocycles. The summed E-state index contributed by atoms with van der Waals surface area (Å²) in [5.41, 5.74) is 14.7. The van der Waals surface area contributed by atoms with E-state index >= 15 is 0 Å². The fourth-order valence-corrected chi connectivity index (χ4v) is 7.98. The van der Waals surface area contributed by atoms with Crippen molar-refractivity contribution in [1.82, 2.24) is 0 Å². The highest BCUT2D eigenvalue weighted by Gasteiger charge is 2.13. The van der Waals surface area contributed by atoms with Crippen LogP contribution in [0.3, 0.4) is 0 Å². The standard InChI is InChI=1S/C48H32S/c1-5-13-33(14-6-1)39-25-40(34-15-7-2-8-16-34)28-43(27-39)37-21-23-47-45(31-37)46-32-38(22-24-48(46)49-47)44-29-41(35-17-9-3-10-18-35)26-42(30-44)36-19-11-4-12-20-36/h1-32H. The Labute approximate surface area is 291 Å². The minimum absolute atomic E-state index is 1.22. The van der Waals surface area contributed by atoms with Crippen molar-refractivity contribution in [3.8, 4) is 66.8 Å². The maximum Gasteiger partial charge on any atom is 0.0355 e. The third-order valence-corrected chi connectivity index (χ3v) is 10.6. The van der Waals surface area contributed by atoms with Crippen molar-refractivity contribution >= 4 is 31.5 Å². The Hall–Kier alpha value is -6.02. The molecular weight excluding hydrogens is 609 g/mol. The zero-order valence-corrected chi connectivity index (χ0v) is 27.7. The largest absolute Gasteiger partial charge is 0.135 e. The van der Waals surface area contributed by atoms with Gasteiger partial charge in [0.25, 0.3) is 0 Å². The van der Waals surface area contributed by atoms with Crippen LogP contribution >= 0.6 is 11.3 Å². The second-order valence-corrected chi connectivity index (χ2v) is 13.7. The maximum atomic E-state index is 2.40. The monoisotopic (exact) mass is 640 g/mol. The van der Waals surface area contributed by atoms with Crippen LogP contribution in [-0.2, 0) is 0 Å². The molecular formula is C48H32S. The normalized spacial score (nSPS) is 11.3. The molecule has 0 aliphatic heterocycles. The highest BCUT2D eigenvalue weighted by Crippen LogP contribution is 2.41. The maximum absolute atomic E-state index is 2.40. The van der Waals surface area contributed by atoms with Gasteiger partial charge in [-0.25, -0.2) is 0 Å². The number of rotatable bonds is 6. The van der Waals surface area contributed by atoms with E-state index in [1.807, 2.05) is 11.3 Å². The molecule has 49 heavy (non-hydrogen) atoms. The average molecular weight is 641 g/mol.